The van der Waals surface area contributed by atoms with E-state index in [0.717, 1.165) is 22.2 Å². The van der Waals surface area contributed by atoms with Gasteiger partial charge in [0.2, 0.25) is 5.95 Å². The number of benzene rings is 2. The fourth-order valence-electron chi connectivity index (χ4n) is 1.95. The van der Waals surface area contributed by atoms with Crippen LogP contribution in [0.5, 0.6) is 5.75 Å². The molecule has 4 nitrogen and oxygen atoms in total. The van der Waals surface area contributed by atoms with Gasteiger partial charge in [-0.1, -0.05) is 30.3 Å². The summed E-state index contributed by atoms with van der Waals surface area (Å²) < 4.78 is 0. The molecular weight excluding hydrogens is 226 g/mol. The zero-order valence-electron chi connectivity index (χ0n) is 9.54. The van der Waals surface area contributed by atoms with Crippen LogP contribution in [0, 0.1) is 0 Å². The molecule has 0 saturated carbocycles. The van der Waals surface area contributed by atoms with Gasteiger partial charge in [-0.3, -0.25) is 0 Å². The summed E-state index contributed by atoms with van der Waals surface area (Å²) in [5.74, 6) is 0.417. The number of hydrogen-bond donors (Lipinski definition) is 2. The summed E-state index contributed by atoms with van der Waals surface area (Å²) in [6.07, 6.45) is 0. The minimum Gasteiger partial charge on any atom is -0.508 e. The Kier molecular flexibility index (Phi) is 2.34. The van der Waals surface area contributed by atoms with Gasteiger partial charge in [-0.15, -0.1) is 0 Å². The van der Waals surface area contributed by atoms with Gasteiger partial charge in [-0.25, -0.2) is 9.97 Å². The monoisotopic (exact) mass is 237 g/mol. The largest absolute Gasteiger partial charge is 0.508 e. The number of nitrogens with two attached hydrogens (primary N) is 1. The van der Waals surface area contributed by atoms with Crippen LogP contribution in [0.3, 0.4) is 0 Å². The number of hydrogen-bond acceptors (Lipinski definition) is 4. The van der Waals surface area contributed by atoms with Gasteiger partial charge in [-0.05, 0) is 18.2 Å². The van der Waals surface area contributed by atoms with Crippen LogP contribution in [-0.4, -0.2) is 15.1 Å². The van der Waals surface area contributed by atoms with Crippen LogP contribution >= 0.6 is 0 Å². The van der Waals surface area contributed by atoms with E-state index >= 15 is 0 Å². The van der Waals surface area contributed by atoms with Crippen LogP contribution < -0.4 is 5.73 Å². The van der Waals surface area contributed by atoms with Gasteiger partial charge < -0.3 is 10.8 Å². The van der Waals surface area contributed by atoms with Gasteiger partial charge in [0.15, 0.2) is 0 Å². The third-order valence-corrected chi connectivity index (χ3v) is 2.74. The number of nitrogens with zero attached hydrogens (tertiary/aromatic N) is 2. The number of aromatic hydroxyl groups is 1. The number of phenols is 1. The van der Waals surface area contributed by atoms with Crippen molar-refractivity contribution in [2.45, 2.75) is 0 Å². The Morgan fingerprint density at radius 3 is 2.50 bits per heavy atom. The Morgan fingerprint density at radius 2 is 1.72 bits per heavy atom. The van der Waals surface area contributed by atoms with Gasteiger partial charge in [0.05, 0.1) is 11.2 Å². The van der Waals surface area contributed by atoms with E-state index in [-0.39, 0.29) is 11.7 Å². The SMILES string of the molecule is Nc1nc(-c2ccccc2)c2cc(O)ccc2n1. The molecule has 0 aliphatic rings. The van der Waals surface area contributed by atoms with Crippen molar-refractivity contribution in [1.29, 1.82) is 0 Å². The predicted octanol–water partition coefficient (Wildman–Crippen LogP) is 2.58. The number of aromatic nitrogens is 2. The normalized spacial score (nSPS) is 10.7. The van der Waals surface area contributed by atoms with E-state index in [4.69, 9.17) is 5.73 Å². The van der Waals surface area contributed by atoms with E-state index in [2.05, 4.69) is 9.97 Å². The first-order chi connectivity index (χ1) is 8.74. The van der Waals surface area contributed by atoms with Crippen LogP contribution in [0.2, 0.25) is 0 Å². The molecule has 0 spiro atoms. The van der Waals surface area contributed by atoms with Crippen molar-refractivity contribution in [3.63, 3.8) is 0 Å². The molecule has 0 bridgehead atoms. The molecule has 0 saturated heterocycles. The molecule has 3 aromatic rings. The molecule has 3 rings (SSSR count). The lowest BCUT2D eigenvalue weighted by Gasteiger charge is -2.07. The van der Waals surface area contributed by atoms with Gasteiger partial charge in [0, 0.05) is 10.9 Å². The van der Waals surface area contributed by atoms with Crippen LogP contribution in [0.25, 0.3) is 22.2 Å². The van der Waals surface area contributed by atoms with E-state index in [0.29, 0.717) is 0 Å². The fourth-order valence-corrected chi connectivity index (χ4v) is 1.95. The van der Waals surface area contributed by atoms with Gasteiger partial charge >= 0.3 is 0 Å². The summed E-state index contributed by atoms with van der Waals surface area (Å²) in [4.78, 5) is 8.43. The average Bonchev–Trinajstić information content (AvgIpc) is 2.39. The van der Waals surface area contributed by atoms with Gasteiger partial charge in [-0.2, -0.15) is 0 Å². The molecule has 0 aliphatic carbocycles. The van der Waals surface area contributed by atoms with Crippen LogP contribution in [0.15, 0.2) is 48.5 Å². The van der Waals surface area contributed by atoms with Crippen molar-refractivity contribution in [2.24, 2.45) is 0 Å². The van der Waals surface area contributed by atoms with E-state index in [1.165, 1.54) is 0 Å². The van der Waals surface area contributed by atoms with E-state index in [1.807, 2.05) is 30.3 Å². The summed E-state index contributed by atoms with van der Waals surface area (Å²) >= 11 is 0. The topological polar surface area (TPSA) is 72.0 Å². The van der Waals surface area contributed by atoms with Crippen molar-refractivity contribution < 1.29 is 5.11 Å². The second-order valence-corrected chi connectivity index (χ2v) is 4.00. The molecule has 4 heteroatoms. The molecule has 3 N–H and O–H groups in total. The minimum absolute atomic E-state index is 0.188. The molecule has 0 atom stereocenters. The van der Waals surface area contributed by atoms with E-state index in [1.54, 1.807) is 18.2 Å². The lowest BCUT2D eigenvalue weighted by Crippen LogP contribution is -1.97. The summed E-state index contributed by atoms with van der Waals surface area (Å²) in [6, 6.07) is 14.7. The van der Waals surface area contributed by atoms with Crippen molar-refractivity contribution in [3.8, 4) is 17.0 Å². The highest BCUT2D eigenvalue weighted by atomic mass is 16.3. The molecule has 0 aliphatic heterocycles. The first-order valence-electron chi connectivity index (χ1n) is 5.56. The highest BCUT2D eigenvalue weighted by Gasteiger charge is 2.08. The highest BCUT2D eigenvalue weighted by molar-refractivity contribution is 5.93. The van der Waals surface area contributed by atoms with Crippen LogP contribution in [0.4, 0.5) is 5.95 Å². The first kappa shape index (κ1) is 10.5. The molecule has 1 aromatic heterocycles. The van der Waals surface area contributed by atoms with E-state index in [9.17, 15) is 5.11 Å². The molecule has 1 heterocycles. The molecule has 2 aromatic carbocycles. The number of rotatable bonds is 1. The predicted molar refractivity (Wildman–Crippen MR) is 71.1 cm³/mol. The Labute approximate surface area is 104 Å². The number of fused-ring (bicyclic) bond motifs is 1. The third kappa shape index (κ3) is 1.73. The second-order valence-electron chi connectivity index (χ2n) is 4.00. The fraction of sp³-hybridized carbons (Fsp3) is 0. The van der Waals surface area contributed by atoms with Crippen LogP contribution in [-0.2, 0) is 0 Å². The lowest BCUT2D eigenvalue weighted by molar-refractivity contribution is 0.476. The quantitative estimate of drug-likeness (QED) is 0.682. The Bertz CT molecular complexity index is 711. The summed E-state index contributed by atoms with van der Waals surface area (Å²) in [5.41, 5.74) is 8.11. The first-order valence-corrected chi connectivity index (χ1v) is 5.56. The Balaban J connectivity index is 2.37. The van der Waals surface area contributed by atoms with Crippen LogP contribution in [0.1, 0.15) is 0 Å². The Hall–Kier alpha value is -2.62. The second kappa shape index (κ2) is 4.00. The highest BCUT2D eigenvalue weighted by Crippen LogP contribution is 2.28. The number of phenolic OH excluding ortho intramolecular Hbond substituents is 1. The average molecular weight is 237 g/mol. The number of anilines is 1. The molecule has 0 radical (unpaired) electrons. The molecule has 18 heavy (non-hydrogen) atoms. The van der Waals surface area contributed by atoms with Crippen molar-refractivity contribution >= 4 is 16.9 Å². The summed E-state index contributed by atoms with van der Waals surface area (Å²) in [6.45, 7) is 0. The maximum atomic E-state index is 9.58. The van der Waals surface area contributed by atoms with Crippen molar-refractivity contribution in [1.82, 2.24) is 9.97 Å². The smallest absolute Gasteiger partial charge is 0.221 e. The molecular formula is C14H11N3O. The van der Waals surface area contributed by atoms with Gasteiger partial charge in [0.25, 0.3) is 0 Å². The van der Waals surface area contributed by atoms with Crippen molar-refractivity contribution in [3.05, 3.63) is 48.5 Å². The molecule has 88 valence electrons. The summed E-state index contributed by atoms with van der Waals surface area (Å²) in [5, 5.41) is 10.4. The number of nitrogen functional groups attached to an aromatic ring is 1. The standard InChI is InChI=1S/C14H11N3O/c15-14-16-12-7-6-10(18)8-11(12)13(17-14)9-4-2-1-3-5-9/h1-8,18H,(H2,15,16,17). The molecule has 0 amide bonds. The van der Waals surface area contributed by atoms with E-state index < -0.39 is 0 Å². The zero-order chi connectivity index (χ0) is 12.5. The molecule has 0 unspecified atom stereocenters. The van der Waals surface area contributed by atoms with Gasteiger partial charge in [0.1, 0.15) is 5.75 Å². The zero-order valence-corrected chi connectivity index (χ0v) is 9.54. The van der Waals surface area contributed by atoms with Crippen molar-refractivity contribution in [2.75, 3.05) is 5.73 Å². The maximum absolute atomic E-state index is 9.58. The lowest BCUT2D eigenvalue weighted by atomic mass is 10.1. The molecule has 0 fully saturated rings. The minimum atomic E-state index is 0.188. The maximum Gasteiger partial charge on any atom is 0.221 e. The summed E-state index contributed by atoms with van der Waals surface area (Å²) in [7, 11) is 0. The third-order valence-electron chi connectivity index (χ3n) is 2.74. The Morgan fingerprint density at radius 1 is 0.944 bits per heavy atom.